The minimum atomic E-state index is -0.127. The average Bonchev–Trinajstić information content (AvgIpc) is 1.53. The maximum atomic E-state index is 6.46. The zero-order valence-electron chi connectivity index (χ0n) is 66.0. The van der Waals surface area contributed by atoms with Crippen molar-refractivity contribution in [3.8, 4) is 68.0 Å². The highest BCUT2D eigenvalue weighted by molar-refractivity contribution is 6.18. The van der Waals surface area contributed by atoms with E-state index >= 15 is 0 Å². The van der Waals surface area contributed by atoms with E-state index in [1.54, 1.807) is 0 Å². The fourth-order valence-electron chi connectivity index (χ4n) is 22.4. The van der Waals surface area contributed by atoms with Gasteiger partial charge in [-0.15, -0.1) is 0 Å². The molecule has 28 rings (SSSR count). The lowest BCUT2D eigenvalue weighted by molar-refractivity contribution is -0.717. The molecule has 0 radical (unpaired) electrons. The van der Waals surface area contributed by atoms with Crippen LogP contribution < -0.4 is 37.2 Å². The van der Waals surface area contributed by atoms with Crippen molar-refractivity contribution in [3.63, 3.8) is 0 Å². The Hall–Kier alpha value is -13.6. The van der Waals surface area contributed by atoms with Crippen LogP contribution in [0, 0.1) is 0 Å². The molecule has 0 fully saturated rings. The van der Waals surface area contributed by atoms with Crippen molar-refractivity contribution in [2.45, 2.75) is 104 Å². The van der Waals surface area contributed by atoms with E-state index in [4.69, 9.17) is 18.9 Å². The van der Waals surface area contributed by atoms with Crippen molar-refractivity contribution in [2.75, 3.05) is 0 Å². The number of hydrogen-bond donors (Lipinski definition) is 0. The Morgan fingerprint density at radius 1 is 0.224 bits per heavy atom. The van der Waals surface area contributed by atoms with Gasteiger partial charge in [-0.1, -0.05) is 250 Å². The summed E-state index contributed by atoms with van der Waals surface area (Å²) in [7, 11) is 0. The summed E-state index contributed by atoms with van der Waals surface area (Å²) in [6, 6.07) is 104. The summed E-state index contributed by atoms with van der Waals surface area (Å²) >= 11 is 0. The predicted octanol–water partition coefficient (Wildman–Crippen LogP) is 24.4. The molecule has 552 valence electrons. The Labute approximate surface area is 670 Å². The lowest BCUT2D eigenvalue weighted by Gasteiger charge is -2.23. The molecular formula is C108H80N4O4+4. The van der Waals surface area contributed by atoms with E-state index in [0.717, 1.165) is 23.0 Å². The van der Waals surface area contributed by atoms with Gasteiger partial charge in [-0.3, -0.25) is 0 Å². The van der Waals surface area contributed by atoms with Crippen molar-refractivity contribution in [1.29, 1.82) is 0 Å². The zero-order chi connectivity index (χ0) is 77.3. The summed E-state index contributed by atoms with van der Waals surface area (Å²) in [6.45, 7) is 21.2. The third-order valence-electron chi connectivity index (χ3n) is 27.7. The number of fused-ring (bicyclic) bond motifs is 23. The molecule has 4 aromatic heterocycles. The number of benzene rings is 16. The van der Waals surface area contributed by atoms with Gasteiger partial charge in [0.15, 0.2) is 6.20 Å². The van der Waals surface area contributed by atoms with E-state index in [1.165, 1.54) is 219 Å². The first-order valence-electron chi connectivity index (χ1n) is 40.9. The summed E-state index contributed by atoms with van der Waals surface area (Å²) in [5.74, 6) is 4.07. The Bertz CT molecular complexity index is 7750. The molecular weight excluding hydrogens is 1420 g/mol. The normalized spacial score (nSPS) is 15.7. The van der Waals surface area contributed by atoms with E-state index < -0.39 is 0 Å². The average molecular weight is 1500 g/mol. The van der Waals surface area contributed by atoms with E-state index in [-0.39, 0.29) is 21.7 Å². The number of ether oxygens (including phenoxy) is 4. The second-order valence-electron chi connectivity index (χ2n) is 35.3. The van der Waals surface area contributed by atoms with Gasteiger partial charge in [0.1, 0.15) is 23.0 Å². The first kappa shape index (κ1) is 65.9. The van der Waals surface area contributed by atoms with Crippen molar-refractivity contribution < 1.29 is 37.2 Å². The van der Waals surface area contributed by atoms with E-state index in [1.807, 2.05) is 0 Å². The largest absolute Gasteiger partial charge is 0.435 e. The molecule has 20 aromatic rings. The number of hydrogen-bond acceptors (Lipinski definition) is 4. The highest BCUT2D eigenvalue weighted by Gasteiger charge is 2.52. The zero-order valence-corrected chi connectivity index (χ0v) is 66.0. The standard InChI is InChI=1S/C31H22NO.2C27H20NO.C23H18NO/c1-31(2)24-14-22-13-19-8-3-4-9-20(19)15-25(22)32-17-33-26-16-21-12-11-18-7-5-6-10-23(18)27(21)29(31)28(26)30(24)32;2*1-27(2)20-13-17-8-4-6-10-21(17)28-15-29-22-14-18-12-11-16-7-3-5-9-19(16)23(18)25(27)24(22)26(20)28;1-23(2)17-8-5-11-24-13-25-18-12-15-10-9-14-6-3-4-7-16(14)19(15)21(23)20(18)22(17)24/h3-16H,17H2,1-2H3;2*3-14H,15H2,1-2H3;3-12H,13H2,1-2H3/q4*+1. The lowest BCUT2D eigenvalue weighted by atomic mass is 9.79. The van der Waals surface area contributed by atoms with Crippen LogP contribution in [0.5, 0.6) is 23.0 Å². The third kappa shape index (κ3) is 8.72. The molecule has 116 heavy (non-hydrogen) atoms. The fourth-order valence-corrected chi connectivity index (χ4v) is 22.4. The topological polar surface area (TPSA) is 52.4 Å². The molecule has 8 nitrogen and oxygen atoms in total. The van der Waals surface area contributed by atoms with Crippen LogP contribution in [0.2, 0.25) is 0 Å². The van der Waals surface area contributed by atoms with Gasteiger partial charge in [-0.05, 0) is 186 Å². The molecule has 0 bridgehead atoms. The Kier molecular flexibility index (Phi) is 13.1. The Morgan fingerprint density at radius 2 is 0.517 bits per heavy atom. The van der Waals surface area contributed by atoms with Gasteiger partial charge in [0.25, 0.3) is 26.9 Å². The maximum absolute atomic E-state index is 6.46. The quantitative estimate of drug-likeness (QED) is 0.0862. The van der Waals surface area contributed by atoms with Crippen LogP contribution in [0.3, 0.4) is 0 Å². The fraction of sp³-hybridized carbons (Fsp3) is 0.148. The van der Waals surface area contributed by atoms with Gasteiger partial charge in [-0.2, -0.15) is 18.3 Å². The SMILES string of the molecule is CC1(C)c2cc3cc4ccccc4cc3[n+]3c2-c2c(cc4ccc5ccccc5c4c21)OC3.CC1(C)c2cc3ccccc3[n+]3c2-c2c(cc4ccc5ccccc5c4c21)OC3.CC1(C)c2cc3ccccc3[n+]3c2-c2c(cc4ccc5ccccc5c4c21)OC3.CC1(C)c2ccc[n+]3c2-c2c(cc4ccc5ccccc5c4c21)OC3. The van der Waals surface area contributed by atoms with Gasteiger partial charge < -0.3 is 18.9 Å². The smallest absolute Gasteiger partial charge is 0.293 e. The monoisotopic (exact) mass is 1500 g/mol. The predicted molar refractivity (Wildman–Crippen MR) is 469 cm³/mol. The number of aromatic nitrogens is 4. The van der Waals surface area contributed by atoms with Crippen LogP contribution in [-0.4, -0.2) is 0 Å². The molecule has 16 aromatic carbocycles. The van der Waals surface area contributed by atoms with Gasteiger partial charge in [-0.25, -0.2) is 0 Å². The summed E-state index contributed by atoms with van der Waals surface area (Å²) in [4.78, 5) is 0. The molecule has 0 saturated heterocycles. The molecule has 8 aliphatic rings. The molecule has 0 spiro atoms. The molecule has 8 heteroatoms. The van der Waals surface area contributed by atoms with Crippen molar-refractivity contribution in [2.24, 2.45) is 0 Å². The molecule has 4 aliphatic heterocycles. The van der Waals surface area contributed by atoms with Crippen LogP contribution in [0.25, 0.3) is 175 Å². The first-order chi connectivity index (χ1) is 56.6. The Morgan fingerprint density at radius 3 is 0.905 bits per heavy atom. The molecule has 4 aliphatic carbocycles. The highest BCUT2D eigenvalue weighted by atomic mass is 16.5. The molecule has 0 N–H and O–H groups in total. The second kappa shape index (κ2) is 23.1. The van der Waals surface area contributed by atoms with Crippen LogP contribution >= 0.6 is 0 Å². The summed E-state index contributed by atoms with van der Waals surface area (Å²) < 4.78 is 34.7. The number of pyridine rings is 4. The lowest BCUT2D eigenvalue weighted by Crippen LogP contribution is -2.42. The summed E-state index contributed by atoms with van der Waals surface area (Å²) in [5.41, 5.74) is 25.0. The molecule has 0 unspecified atom stereocenters. The van der Waals surface area contributed by atoms with E-state index in [0.29, 0.717) is 26.9 Å². The van der Waals surface area contributed by atoms with Crippen molar-refractivity contribution >= 4 is 130 Å². The molecule has 8 heterocycles. The Balaban J connectivity index is 0.0000000870. The third-order valence-corrected chi connectivity index (χ3v) is 27.7. The molecule has 0 atom stereocenters. The van der Waals surface area contributed by atoms with Gasteiger partial charge in [0.2, 0.25) is 39.3 Å². The van der Waals surface area contributed by atoms with Crippen LogP contribution in [0.15, 0.2) is 291 Å². The molecule has 0 saturated carbocycles. The van der Waals surface area contributed by atoms with E-state index in [2.05, 4.69) is 365 Å². The van der Waals surface area contributed by atoms with Crippen LogP contribution in [0.1, 0.15) is 99.9 Å². The highest BCUT2D eigenvalue weighted by Crippen LogP contribution is 2.61. The van der Waals surface area contributed by atoms with Gasteiger partial charge in [0, 0.05) is 84.3 Å². The van der Waals surface area contributed by atoms with Crippen LogP contribution in [0.4, 0.5) is 0 Å². The summed E-state index contributed by atoms with van der Waals surface area (Å²) in [5, 5.41) is 27.3. The van der Waals surface area contributed by atoms with Crippen molar-refractivity contribution in [1.82, 2.24) is 0 Å². The van der Waals surface area contributed by atoms with Gasteiger partial charge >= 0.3 is 0 Å². The van der Waals surface area contributed by atoms with E-state index in [9.17, 15) is 0 Å². The van der Waals surface area contributed by atoms with Crippen LogP contribution in [-0.2, 0) is 48.6 Å². The first-order valence-corrected chi connectivity index (χ1v) is 40.9. The summed E-state index contributed by atoms with van der Waals surface area (Å²) in [6.07, 6.45) is 2.13. The van der Waals surface area contributed by atoms with Gasteiger partial charge in [0.05, 0.1) is 22.3 Å². The number of para-hydroxylation sites is 2. The minimum Gasteiger partial charge on any atom is -0.435 e. The maximum Gasteiger partial charge on any atom is 0.293 e. The number of nitrogens with zero attached hydrogens (tertiary/aromatic N) is 4. The second-order valence-corrected chi connectivity index (χ2v) is 35.3. The number of rotatable bonds is 0. The van der Waals surface area contributed by atoms with Crippen molar-refractivity contribution in [3.05, 3.63) is 336 Å². The minimum absolute atomic E-state index is 0.0419. The molecule has 0 amide bonds.